The van der Waals surface area contributed by atoms with Crippen molar-refractivity contribution in [2.75, 3.05) is 12.4 Å². The fourth-order valence-corrected chi connectivity index (χ4v) is 1.37. The molecule has 4 nitrogen and oxygen atoms in total. The highest BCUT2D eigenvalue weighted by atomic mass is 19.4. The quantitative estimate of drug-likeness (QED) is 0.890. The molecule has 0 saturated heterocycles. The van der Waals surface area contributed by atoms with Crippen LogP contribution in [0.1, 0.15) is 19.2 Å². The van der Waals surface area contributed by atoms with Gasteiger partial charge in [0.05, 0.1) is 13.5 Å². The highest BCUT2D eigenvalue weighted by Gasteiger charge is 2.30. The fraction of sp³-hybridized carbons (Fsp3) is 0.600. The molecule has 0 fully saturated rings. The normalized spacial score (nSPS) is 13.3. The number of nitrogens with one attached hydrogen (secondary N) is 1. The molecule has 17 heavy (non-hydrogen) atoms. The number of nitrogens with zero attached hydrogens (tertiary/aromatic N) is 2. The smallest absolute Gasteiger partial charge is 0.391 e. The van der Waals surface area contributed by atoms with E-state index in [2.05, 4.69) is 15.3 Å². The van der Waals surface area contributed by atoms with Gasteiger partial charge in [-0.2, -0.15) is 18.2 Å². The monoisotopic (exact) mass is 249 g/mol. The van der Waals surface area contributed by atoms with Gasteiger partial charge in [-0.05, 0) is 13.8 Å². The average molecular weight is 249 g/mol. The minimum atomic E-state index is -4.20. The Hall–Kier alpha value is -1.53. The first-order chi connectivity index (χ1) is 7.80. The van der Waals surface area contributed by atoms with Crippen LogP contribution >= 0.6 is 0 Å². The van der Waals surface area contributed by atoms with Crippen molar-refractivity contribution in [2.24, 2.45) is 0 Å². The number of aromatic nitrogens is 2. The van der Waals surface area contributed by atoms with E-state index in [1.54, 1.807) is 6.92 Å². The second-order valence-corrected chi connectivity index (χ2v) is 3.71. The summed E-state index contributed by atoms with van der Waals surface area (Å²) in [5, 5.41) is 2.66. The summed E-state index contributed by atoms with van der Waals surface area (Å²) in [5.41, 5.74) is 0. The summed E-state index contributed by atoms with van der Waals surface area (Å²) in [6.45, 7) is 3.08. The first kappa shape index (κ1) is 13.5. The number of rotatable bonds is 4. The van der Waals surface area contributed by atoms with Crippen molar-refractivity contribution in [3.8, 4) is 5.88 Å². The van der Waals surface area contributed by atoms with Crippen molar-refractivity contribution >= 4 is 5.82 Å². The first-order valence-corrected chi connectivity index (χ1v) is 5.03. The zero-order valence-corrected chi connectivity index (χ0v) is 9.80. The van der Waals surface area contributed by atoms with Crippen LogP contribution in [0.15, 0.2) is 6.07 Å². The third-order valence-electron chi connectivity index (χ3n) is 1.96. The van der Waals surface area contributed by atoms with Gasteiger partial charge in [0.25, 0.3) is 0 Å². The molecule has 0 saturated carbocycles. The van der Waals surface area contributed by atoms with Crippen LogP contribution in [0.2, 0.25) is 0 Å². The Kier molecular flexibility index (Phi) is 4.14. The number of anilines is 1. The number of alkyl halides is 3. The van der Waals surface area contributed by atoms with Crippen molar-refractivity contribution in [1.29, 1.82) is 0 Å². The molecular weight excluding hydrogens is 235 g/mol. The van der Waals surface area contributed by atoms with E-state index in [1.165, 1.54) is 20.1 Å². The summed E-state index contributed by atoms with van der Waals surface area (Å²) < 4.78 is 41.3. The lowest BCUT2D eigenvalue weighted by atomic mass is 10.2. The van der Waals surface area contributed by atoms with Crippen LogP contribution in [0, 0.1) is 6.92 Å². The summed E-state index contributed by atoms with van der Waals surface area (Å²) in [7, 11) is 1.44. The number of methoxy groups -OCH3 is 1. The Morgan fingerprint density at radius 3 is 2.59 bits per heavy atom. The molecule has 0 radical (unpaired) electrons. The molecule has 0 bridgehead atoms. The molecule has 1 atom stereocenters. The standard InChI is InChI=1S/C10H14F3N3O/c1-6(5-10(11,12)13)14-8-4-9(17-3)16-7(2)15-8/h4,6H,5H2,1-3H3,(H,14,15,16). The van der Waals surface area contributed by atoms with Crippen LogP contribution in [0.4, 0.5) is 19.0 Å². The zero-order chi connectivity index (χ0) is 13.1. The van der Waals surface area contributed by atoms with Crippen molar-refractivity contribution in [2.45, 2.75) is 32.5 Å². The summed E-state index contributed by atoms with van der Waals surface area (Å²) in [6.07, 6.45) is -5.11. The summed E-state index contributed by atoms with van der Waals surface area (Å²) >= 11 is 0. The Bertz CT molecular complexity index is 382. The second-order valence-electron chi connectivity index (χ2n) is 3.71. The predicted molar refractivity (Wildman–Crippen MR) is 57.1 cm³/mol. The van der Waals surface area contributed by atoms with Crippen molar-refractivity contribution in [3.05, 3.63) is 11.9 Å². The molecule has 0 amide bonds. The van der Waals surface area contributed by atoms with Gasteiger partial charge < -0.3 is 10.1 Å². The maximum Gasteiger partial charge on any atom is 0.391 e. The maximum absolute atomic E-state index is 12.1. The van der Waals surface area contributed by atoms with Crippen LogP contribution in [0.3, 0.4) is 0 Å². The molecule has 1 N–H and O–H groups in total. The lowest BCUT2D eigenvalue weighted by Gasteiger charge is -2.16. The van der Waals surface area contributed by atoms with Crippen LogP contribution in [0.25, 0.3) is 0 Å². The fourth-order valence-electron chi connectivity index (χ4n) is 1.37. The maximum atomic E-state index is 12.1. The van der Waals surface area contributed by atoms with E-state index < -0.39 is 18.6 Å². The van der Waals surface area contributed by atoms with E-state index in [1.807, 2.05) is 0 Å². The highest BCUT2D eigenvalue weighted by Crippen LogP contribution is 2.23. The third-order valence-corrected chi connectivity index (χ3v) is 1.96. The lowest BCUT2D eigenvalue weighted by Crippen LogP contribution is -2.24. The van der Waals surface area contributed by atoms with Gasteiger partial charge in [0.2, 0.25) is 5.88 Å². The van der Waals surface area contributed by atoms with Crippen LogP contribution in [-0.4, -0.2) is 29.3 Å². The molecule has 1 rings (SSSR count). The van der Waals surface area contributed by atoms with Crippen LogP contribution in [-0.2, 0) is 0 Å². The topological polar surface area (TPSA) is 47.0 Å². The number of hydrogen-bond donors (Lipinski definition) is 1. The molecule has 0 aliphatic heterocycles. The molecule has 1 aromatic heterocycles. The number of ether oxygens (including phenoxy) is 1. The molecule has 1 unspecified atom stereocenters. The number of hydrogen-bond acceptors (Lipinski definition) is 4. The molecule has 0 aliphatic carbocycles. The molecule has 1 heterocycles. The van der Waals surface area contributed by atoms with Gasteiger partial charge in [0, 0.05) is 12.1 Å². The largest absolute Gasteiger partial charge is 0.481 e. The molecule has 96 valence electrons. The molecule has 0 aromatic carbocycles. The van der Waals surface area contributed by atoms with Gasteiger partial charge in [-0.15, -0.1) is 0 Å². The predicted octanol–water partition coefficient (Wildman–Crippen LogP) is 2.55. The van der Waals surface area contributed by atoms with Gasteiger partial charge in [-0.3, -0.25) is 0 Å². The summed E-state index contributed by atoms with van der Waals surface area (Å²) in [4.78, 5) is 7.92. The Balaban J connectivity index is 2.71. The van der Waals surface area contributed by atoms with Crippen molar-refractivity contribution < 1.29 is 17.9 Å². The van der Waals surface area contributed by atoms with E-state index in [0.29, 0.717) is 17.5 Å². The van der Waals surface area contributed by atoms with Gasteiger partial charge in [0.15, 0.2) is 0 Å². The first-order valence-electron chi connectivity index (χ1n) is 5.03. The van der Waals surface area contributed by atoms with E-state index in [0.717, 1.165) is 0 Å². The van der Waals surface area contributed by atoms with Gasteiger partial charge >= 0.3 is 6.18 Å². The lowest BCUT2D eigenvalue weighted by molar-refractivity contribution is -0.136. The van der Waals surface area contributed by atoms with Gasteiger partial charge in [0.1, 0.15) is 11.6 Å². The summed E-state index contributed by atoms with van der Waals surface area (Å²) in [5.74, 6) is 1.08. The van der Waals surface area contributed by atoms with Crippen LogP contribution in [0.5, 0.6) is 5.88 Å². The number of halogens is 3. The third kappa shape index (κ3) is 4.88. The Labute approximate surface area is 97.2 Å². The average Bonchev–Trinajstić information content (AvgIpc) is 2.13. The molecule has 0 aliphatic rings. The highest BCUT2D eigenvalue weighted by molar-refractivity contribution is 5.39. The Morgan fingerprint density at radius 1 is 1.41 bits per heavy atom. The van der Waals surface area contributed by atoms with Crippen molar-refractivity contribution in [1.82, 2.24) is 9.97 Å². The van der Waals surface area contributed by atoms with Gasteiger partial charge in [-0.25, -0.2) is 4.98 Å². The number of aryl methyl sites for hydroxylation is 1. The zero-order valence-electron chi connectivity index (χ0n) is 9.80. The van der Waals surface area contributed by atoms with E-state index in [9.17, 15) is 13.2 Å². The molecular formula is C10H14F3N3O. The van der Waals surface area contributed by atoms with Gasteiger partial charge in [-0.1, -0.05) is 0 Å². The van der Waals surface area contributed by atoms with Crippen molar-refractivity contribution in [3.63, 3.8) is 0 Å². The minimum absolute atomic E-state index is 0.319. The molecule has 1 aromatic rings. The summed E-state index contributed by atoms with van der Waals surface area (Å²) in [6, 6.07) is 0.703. The van der Waals surface area contributed by atoms with E-state index in [4.69, 9.17) is 4.74 Å². The van der Waals surface area contributed by atoms with Crippen LogP contribution < -0.4 is 10.1 Å². The molecule has 7 heteroatoms. The SMILES string of the molecule is COc1cc(NC(C)CC(F)(F)F)nc(C)n1. The molecule has 0 spiro atoms. The minimum Gasteiger partial charge on any atom is -0.481 e. The van der Waals surface area contributed by atoms with E-state index in [-0.39, 0.29) is 0 Å². The van der Waals surface area contributed by atoms with E-state index >= 15 is 0 Å². The Morgan fingerprint density at radius 2 is 2.06 bits per heavy atom. The second kappa shape index (κ2) is 5.20.